The molecular formula is C10H23NSSi. The maximum absolute atomic E-state index is 4.22. The summed E-state index contributed by atoms with van der Waals surface area (Å²) >= 11 is 2.20. The van der Waals surface area contributed by atoms with Crippen molar-refractivity contribution in [2.45, 2.75) is 51.6 Å². The zero-order chi connectivity index (χ0) is 10.3. The van der Waals surface area contributed by atoms with Gasteiger partial charge in [0, 0.05) is 6.54 Å². The van der Waals surface area contributed by atoms with Crippen molar-refractivity contribution in [3.8, 4) is 0 Å². The number of hydrogen-bond acceptors (Lipinski definition) is 2. The quantitative estimate of drug-likeness (QED) is 0.374. The number of hydrogen-bond donors (Lipinski definition) is 0. The molecule has 0 rings (SSSR count). The molecule has 0 saturated heterocycles. The summed E-state index contributed by atoms with van der Waals surface area (Å²) in [4.78, 5) is 4.22. The van der Waals surface area contributed by atoms with Crippen LogP contribution in [-0.4, -0.2) is 25.2 Å². The lowest BCUT2D eigenvalue weighted by molar-refractivity contribution is 0.743. The van der Waals surface area contributed by atoms with Crippen LogP contribution in [0.3, 0.4) is 0 Å². The van der Waals surface area contributed by atoms with Crippen LogP contribution >= 0.6 is 11.2 Å². The summed E-state index contributed by atoms with van der Waals surface area (Å²) in [7, 11) is -0.911. The van der Waals surface area contributed by atoms with Crippen LogP contribution in [0.25, 0.3) is 0 Å². The average Bonchev–Trinajstić information content (AvgIpc) is 1.94. The Balaban J connectivity index is 3.46. The minimum Gasteiger partial charge on any atom is -0.298 e. The van der Waals surface area contributed by atoms with E-state index < -0.39 is 7.22 Å². The molecular weight excluding hydrogens is 194 g/mol. The van der Waals surface area contributed by atoms with Crippen molar-refractivity contribution in [2.24, 2.45) is 4.99 Å². The fourth-order valence-electron chi connectivity index (χ4n) is 1.26. The zero-order valence-electron chi connectivity index (χ0n) is 9.63. The van der Waals surface area contributed by atoms with Crippen molar-refractivity contribution >= 4 is 24.6 Å². The van der Waals surface area contributed by atoms with Gasteiger partial charge in [0.15, 0.2) is 0 Å². The second kappa shape index (κ2) is 6.66. The molecule has 1 nitrogen and oxygen atoms in total. The van der Waals surface area contributed by atoms with Gasteiger partial charge in [0.05, 0.1) is 0 Å². The Morgan fingerprint density at radius 1 is 1.38 bits per heavy atom. The van der Waals surface area contributed by atoms with E-state index in [1.54, 1.807) is 0 Å². The average molecular weight is 217 g/mol. The molecule has 0 aliphatic rings. The Labute approximate surface area is 88.1 Å². The molecule has 0 aromatic heterocycles. The van der Waals surface area contributed by atoms with Crippen LogP contribution in [0.4, 0.5) is 0 Å². The van der Waals surface area contributed by atoms with Gasteiger partial charge in [0.25, 0.3) is 0 Å². The molecule has 0 saturated carbocycles. The van der Waals surface area contributed by atoms with Crippen LogP contribution in [0.1, 0.15) is 26.7 Å². The molecule has 0 heterocycles. The van der Waals surface area contributed by atoms with Gasteiger partial charge in [0.2, 0.25) is 0 Å². The van der Waals surface area contributed by atoms with Gasteiger partial charge in [0.1, 0.15) is 7.22 Å². The lowest BCUT2D eigenvalue weighted by atomic mass is 10.2. The molecule has 1 unspecified atom stereocenters. The van der Waals surface area contributed by atoms with Gasteiger partial charge in [-0.15, -0.1) is 0 Å². The topological polar surface area (TPSA) is 12.4 Å². The largest absolute Gasteiger partial charge is 0.298 e. The molecule has 0 aliphatic carbocycles. The number of aliphatic imine (C=N–C) groups is 1. The van der Waals surface area contributed by atoms with Crippen LogP contribution in [0.2, 0.25) is 19.6 Å². The van der Waals surface area contributed by atoms with Crippen LogP contribution in [-0.2, 0) is 0 Å². The van der Waals surface area contributed by atoms with E-state index in [4.69, 9.17) is 0 Å². The Hall–Kier alpha value is 0.237. The molecule has 13 heavy (non-hydrogen) atoms. The van der Waals surface area contributed by atoms with Crippen molar-refractivity contribution in [1.29, 1.82) is 0 Å². The smallest absolute Gasteiger partial charge is 0.108 e. The Bertz CT molecular complexity index is 151. The van der Waals surface area contributed by atoms with Crippen LogP contribution in [0.15, 0.2) is 4.99 Å². The SMILES string of the molecule is C/C=N/CCCC(C)S[Si](C)(C)C. The van der Waals surface area contributed by atoms with E-state index in [1.807, 2.05) is 13.1 Å². The van der Waals surface area contributed by atoms with E-state index >= 15 is 0 Å². The van der Waals surface area contributed by atoms with Gasteiger partial charge in [-0.2, -0.15) is 11.2 Å². The maximum atomic E-state index is 4.22. The normalized spacial score (nSPS) is 15.2. The van der Waals surface area contributed by atoms with Gasteiger partial charge in [-0.25, -0.2) is 0 Å². The van der Waals surface area contributed by atoms with E-state index in [1.165, 1.54) is 12.8 Å². The fourth-order valence-corrected chi connectivity index (χ4v) is 6.73. The molecule has 78 valence electrons. The second-order valence-electron chi connectivity index (χ2n) is 4.35. The highest BCUT2D eigenvalue weighted by atomic mass is 32.4. The summed E-state index contributed by atoms with van der Waals surface area (Å²) in [5.74, 6) is 0. The van der Waals surface area contributed by atoms with Crippen LogP contribution in [0.5, 0.6) is 0 Å². The molecule has 3 heteroatoms. The first-order valence-electron chi connectivity index (χ1n) is 5.08. The molecule has 0 amide bonds. The van der Waals surface area contributed by atoms with Gasteiger partial charge < -0.3 is 0 Å². The van der Waals surface area contributed by atoms with Crippen LogP contribution < -0.4 is 0 Å². The van der Waals surface area contributed by atoms with E-state index in [0.29, 0.717) is 0 Å². The molecule has 0 aromatic carbocycles. The van der Waals surface area contributed by atoms with E-state index in [-0.39, 0.29) is 0 Å². The molecule has 0 bridgehead atoms. The molecule has 0 aromatic rings. The summed E-state index contributed by atoms with van der Waals surface area (Å²) < 4.78 is 0. The molecule has 0 N–H and O–H groups in total. The van der Waals surface area contributed by atoms with Gasteiger partial charge >= 0.3 is 0 Å². The van der Waals surface area contributed by atoms with Gasteiger partial charge in [-0.05, 0) is 31.2 Å². The monoisotopic (exact) mass is 217 g/mol. The number of rotatable bonds is 6. The van der Waals surface area contributed by atoms with Gasteiger partial charge in [-0.3, -0.25) is 4.99 Å². The molecule has 0 spiro atoms. The maximum Gasteiger partial charge on any atom is 0.108 e. The first-order chi connectivity index (χ1) is 5.95. The molecule has 0 radical (unpaired) electrons. The number of nitrogens with zero attached hydrogens (tertiary/aromatic N) is 1. The Morgan fingerprint density at radius 2 is 2.00 bits per heavy atom. The Morgan fingerprint density at radius 3 is 2.46 bits per heavy atom. The summed E-state index contributed by atoms with van der Waals surface area (Å²) in [5, 5.41) is 0.818. The van der Waals surface area contributed by atoms with Crippen molar-refractivity contribution in [2.75, 3.05) is 6.54 Å². The van der Waals surface area contributed by atoms with Crippen molar-refractivity contribution < 1.29 is 0 Å². The minimum absolute atomic E-state index is 0.818. The molecule has 0 fully saturated rings. The molecule has 1 atom stereocenters. The second-order valence-corrected chi connectivity index (χ2v) is 14.0. The standard InChI is InChI=1S/C10H23NSSi/c1-6-11-9-7-8-10(2)12-13(3,4)5/h6,10H,7-9H2,1-5H3/b11-6+. The summed E-state index contributed by atoms with van der Waals surface area (Å²) in [5.41, 5.74) is 0. The first kappa shape index (κ1) is 13.2. The summed E-state index contributed by atoms with van der Waals surface area (Å²) in [6.07, 6.45) is 4.45. The highest BCUT2D eigenvalue weighted by molar-refractivity contribution is 8.29. The van der Waals surface area contributed by atoms with Crippen molar-refractivity contribution in [3.63, 3.8) is 0 Å². The van der Waals surface area contributed by atoms with Crippen molar-refractivity contribution in [3.05, 3.63) is 0 Å². The third kappa shape index (κ3) is 10.2. The molecule has 0 aliphatic heterocycles. The van der Waals surface area contributed by atoms with E-state index in [9.17, 15) is 0 Å². The Kier molecular flexibility index (Phi) is 6.78. The van der Waals surface area contributed by atoms with Crippen molar-refractivity contribution in [1.82, 2.24) is 0 Å². The van der Waals surface area contributed by atoms with Crippen LogP contribution in [0, 0.1) is 0 Å². The van der Waals surface area contributed by atoms with Gasteiger partial charge in [-0.1, -0.05) is 26.6 Å². The predicted octanol–water partition coefficient (Wildman–Crippen LogP) is 3.81. The zero-order valence-corrected chi connectivity index (χ0v) is 11.4. The fraction of sp³-hybridized carbons (Fsp3) is 0.900. The highest BCUT2D eigenvalue weighted by Gasteiger charge is 2.17. The van der Waals surface area contributed by atoms with E-state index in [2.05, 4.69) is 42.8 Å². The highest BCUT2D eigenvalue weighted by Crippen LogP contribution is 2.26. The lowest BCUT2D eigenvalue weighted by Gasteiger charge is -2.20. The van der Waals surface area contributed by atoms with E-state index in [0.717, 1.165) is 11.8 Å². The summed E-state index contributed by atoms with van der Waals surface area (Å²) in [6, 6.07) is 0. The third-order valence-corrected chi connectivity index (χ3v) is 6.31. The summed E-state index contributed by atoms with van der Waals surface area (Å²) in [6.45, 7) is 12.6. The lowest BCUT2D eigenvalue weighted by Crippen LogP contribution is -2.18. The first-order valence-corrected chi connectivity index (χ1v) is 10.2. The third-order valence-electron chi connectivity index (χ3n) is 1.64. The minimum atomic E-state index is -0.911. The predicted molar refractivity (Wildman–Crippen MR) is 68.7 cm³/mol.